The number of hydrogen-bond donors (Lipinski definition) is 2. The van der Waals surface area contributed by atoms with Gasteiger partial charge >= 0.3 is 0 Å². The van der Waals surface area contributed by atoms with Gasteiger partial charge in [-0.2, -0.15) is 9.36 Å². The Kier molecular flexibility index (Phi) is 7.55. The van der Waals surface area contributed by atoms with Crippen molar-refractivity contribution in [1.29, 1.82) is 0 Å². The number of sulfonamides is 1. The first-order valence-electron chi connectivity index (χ1n) is 8.66. The largest absolute Gasteiger partial charge is 0.326 e. The Morgan fingerprint density at radius 2 is 1.77 bits per heavy atom. The third-order valence-electron chi connectivity index (χ3n) is 3.78. The fourth-order valence-electron chi connectivity index (χ4n) is 2.43. The topological polar surface area (TPSA) is 101 Å². The molecule has 3 aromatic rings. The number of aromatic nitrogens is 2. The van der Waals surface area contributed by atoms with Crippen molar-refractivity contribution < 1.29 is 13.2 Å². The molecule has 1 aromatic heterocycles. The van der Waals surface area contributed by atoms with Crippen LogP contribution in [0.15, 0.2) is 42.5 Å². The second kappa shape index (κ2) is 9.97. The Bertz CT molecular complexity index is 1240. The van der Waals surface area contributed by atoms with E-state index >= 15 is 0 Å². The first-order valence-corrected chi connectivity index (χ1v) is 12.2. The van der Waals surface area contributed by atoms with Gasteiger partial charge in [0.2, 0.25) is 21.1 Å². The van der Waals surface area contributed by atoms with Crippen LogP contribution in [0, 0.1) is 0 Å². The maximum absolute atomic E-state index is 12.3. The number of rotatable bonds is 7. The van der Waals surface area contributed by atoms with Crippen molar-refractivity contribution in [2.24, 2.45) is 0 Å². The van der Waals surface area contributed by atoms with Gasteiger partial charge in [0.15, 0.2) is 5.82 Å². The highest BCUT2D eigenvalue weighted by Gasteiger charge is 2.14. The molecule has 0 radical (unpaired) electrons. The summed E-state index contributed by atoms with van der Waals surface area (Å²) in [6.45, 7) is 1.42. The molecular weight excluding hydrogens is 503 g/mol. The lowest BCUT2D eigenvalue weighted by Crippen LogP contribution is -2.15. The zero-order chi connectivity index (χ0) is 22.6. The second-order valence-electron chi connectivity index (χ2n) is 6.26. The van der Waals surface area contributed by atoms with Crippen LogP contribution in [0.4, 0.5) is 10.8 Å². The van der Waals surface area contributed by atoms with Gasteiger partial charge in [0.05, 0.1) is 15.8 Å². The van der Waals surface area contributed by atoms with E-state index in [-0.39, 0.29) is 16.8 Å². The van der Waals surface area contributed by atoms with Gasteiger partial charge in [-0.25, -0.2) is 8.42 Å². The van der Waals surface area contributed by atoms with E-state index in [1.807, 2.05) is 0 Å². The van der Waals surface area contributed by atoms with E-state index in [9.17, 15) is 13.2 Å². The summed E-state index contributed by atoms with van der Waals surface area (Å²) in [4.78, 5) is 15.3. The third-order valence-corrected chi connectivity index (χ3v) is 6.73. The average Bonchev–Trinajstić information content (AvgIpc) is 3.13. The molecule has 0 unspecified atom stereocenters. The average molecular weight is 518 g/mol. The molecule has 0 spiro atoms. The van der Waals surface area contributed by atoms with Gasteiger partial charge < -0.3 is 5.32 Å². The number of nitrogens with zero attached hydrogens (tertiary/aromatic N) is 2. The number of anilines is 2. The molecule has 1 heterocycles. The van der Waals surface area contributed by atoms with E-state index in [1.165, 1.54) is 19.1 Å². The van der Waals surface area contributed by atoms with Crippen molar-refractivity contribution in [3.8, 4) is 11.4 Å². The highest BCUT2D eigenvalue weighted by atomic mass is 35.5. The second-order valence-corrected chi connectivity index (χ2v) is 10.00. The van der Waals surface area contributed by atoms with Gasteiger partial charge in [0, 0.05) is 34.7 Å². The summed E-state index contributed by atoms with van der Waals surface area (Å²) < 4.78 is 31.3. The highest BCUT2D eigenvalue weighted by molar-refractivity contribution is 7.93. The highest BCUT2D eigenvalue weighted by Crippen LogP contribution is 2.29. The van der Waals surface area contributed by atoms with E-state index in [1.54, 1.807) is 36.4 Å². The van der Waals surface area contributed by atoms with E-state index < -0.39 is 10.0 Å². The molecule has 0 aliphatic carbocycles. The number of nitrogens with one attached hydrogen (secondary N) is 2. The van der Waals surface area contributed by atoms with E-state index in [0.29, 0.717) is 37.7 Å². The number of amides is 1. The molecule has 0 aliphatic heterocycles. The van der Waals surface area contributed by atoms with Crippen molar-refractivity contribution in [3.05, 3.63) is 63.1 Å². The van der Waals surface area contributed by atoms with E-state index in [4.69, 9.17) is 34.8 Å². The van der Waals surface area contributed by atoms with Crippen LogP contribution in [-0.4, -0.2) is 29.4 Å². The molecule has 0 atom stereocenters. The summed E-state index contributed by atoms with van der Waals surface area (Å²) in [7, 11) is -3.70. The Morgan fingerprint density at radius 3 is 2.45 bits per heavy atom. The third kappa shape index (κ3) is 6.65. The number of carbonyl (C=O) groups excluding carboxylic acids is 1. The first kappa shape index (κ1) is 23.5. The van der Waals surface area contributed by atoms with Crippen molar-refractivity contribution in [3.63, 3.8) is 0 Å². The molecule has 0 saturated carbocycles. The molecule has 3 rings (SSSR count). The molecule has 12 heteroatoms. The number of benzene rings is 2. The van der Waals surface area contributed by atoms with Crippen LogP contribution in [0.2, 0.25) is 15.1 Å². The maximum atomic E-state index is 12.3. The minimum atomic E-state index is -3.70. The predicted octanol–water partition coefficient (Wildman–Crippen LogP) is 5.58. The van der Waals surface area contributed by atoms with Gasteiger partial charge in [0.1, 0.15) is 0 Å². The molecular formula is C19H15Cl3N4O3S2. The van der Waals surface area contributed by atoms with Crippen LogP contribution >= 0.6 is 46.3 Å². The standard InChI is InChI=1S/C19H15Cl3N4O3S2/c1-11(27)23-14-6-4-12(5-7-14)18-24-19(30-25-18)26-31(28,29)8-2-3-13-9-16(21)17(22)10-15(13)20/h2-7,9-10H,8H2,1H3,(H,23,27)(H,24,25,26). The molecule has 162 valence electrons. The van der Waals surface area contributed by atoms with E-state index in [2.05, 4.69) is 19.4 Å². The molecule has 2 N–H and O–H groups in total. The summed E-state index contributed by atoms with van der Waals surface area (Å²) in [6, 6.07) is 9.92. The smallest absolute Gasteiger partial charge is 0.238 e. The zero-order valence-electron chi connectivity index (χ0n) is 15.9. The predicted molar refractivity (Wildman–Crippen MR) is 128 cm³/mol. The number of carbonyl (C=O) groups is 1. The van der Waals surface area contributed by atoms with E-state index in [0.717, 1.165) is 11.5 Å². The van der Waals surface area contributed by atoms with Crippen molar-refractivity contribution in [2.45, 2.75) is 6.92 Å². The van der Waals surface area contributed by atoms with Gasteiger partial charge in [-0.15, -0.1) is 0 Å². The summed E-state index contributed by atoms with van der Waals surface area (Å²) in [5, 5.41) is 3.79. The Balaban J connectivity index is 1.65. The molecule has 1 amide bonds. The lowest BCUT2D eigenvalue weighted by molar-refractivity contribution is -0.114. The Labute approximate surface area is 198 Å². The molecule has 7 nitrogen and oxygen atoms in total. The van der Waals surface area contributed by atoms with Crippen LogP contribution < -0.4 is 10.0 Å². The number of hydrogen-bond acceptors (Lipinski definition) is 6. The molecule has 0 bridgehead atoms. The minimum Gasteiger partial charge on any atom is -0.326 e. The summed E-state index contributed by atoms with van der Waals surface area (Å²) in [5.41, 5.74) is 1.87. The van der Waals surface area contributed by atoms with Crippen molar-refractivity contribution in [2.75, 3.05) is 15.8 Å². The summed E-state index contributed by atoms with van der Waals surface area (Å²) in [6.07, 6.45) is 2.99. The van der Waals surface area contributed by atoms with Crippen LogP contribution in [0.3, 0.4) is 0 Å². The van der Waals surface area contributed by atoms with Gasteiger partial charge in [-0.05, 0) is 42.0 Å². The Hall–Kier alpha value is -2.17. The SMILES string of the molecule is CC(=O)Nc1ccc(-c2nsc(NS(=O)(=O)CC=Cc3cc(Cl)c(Cl)cc3Cl)n2)cc1. The van der Waals surface area contributed by atoms with Gasteiger partial charge in [0.25, 0.3) is 0 Å². The fourth-order valence-corrected chi connectivity index (χ4v) is 4.77. The monoisotopic (exact) mass is 516 g/mol. The molecule has 0 aliphatic rings. The fraction of sp³-hybridized carbons (Fsp3) is 0.105. The Morgan fingerprint density at radius 1 is 1.10 bits per heavy atom. The van der Waals surface area contributed by atoms with Crippen molar-refractivity contribution in [1.82, 2.24) is 9.36 Å². The van der Waals surface area contributed by atoms with Crippen LogP contribution in [0.1, 0.15) is 12.5 Å². The quantitative estimate of drug-likeness (QED) is 0.399. The first-order chi connectivity index (χ1) is 14.6. The summed E-state index contributed by atoms with van der Waals surface area (Å²) in [5.74, 6) is -0.105. The number of halogens is 3. The zero-order valence-corrected chi connectivity index (χ0v) is 19.8. The minimum absolute atomic E-state index is 0.141. The van der Waals surface area contributed by atoms with Gasteiger partial charge in [-0.1, -0.05) is 47.0 Å². The molecule has 0 fully saturated rings. The maximum Gasteiger partial charge on any atom is 0.238 e. The normalized spacial score (nSPS) is 11.6. The molecule has 31 heavy (non-hydrogen) atoms. The van der Waals surface area contributed by atoms with Crippen LogP contribution in [0.5, 0.6) is 0 Å². The van der Waals surface area contributed by atoms with Gasteiger partial charge in [-0.3, -0.25) is 9.52 Å². The molecule has 0 saturated heterocycles. The van der Waals surface area contributed by atoms with Crippen LogP contribution in [0.25, 0.3) is 17.5 Å². The van der Waals surface area contributed by atoms with Crippen molar-refractivity contribution >= 4 is 79.2 Å². The molecule has 2 aromatic carbocycles. The van der Waals surface area contributed by atoms with Crippen LogP contribution in [-0.2, 0) is 14.8 Å². The lowest BCUT2D eigenvalue weighted by atomic mass is 10.2. The lowest BCUT2D eigenvalue weighted by Gasteiger charge is -2.03. The summed E-state index contributed by atoms with van der Waals surface area (Å²) >= 11 is 18.8.